The summed E-state index contributed by atoms with van der Waals surface area (Å²) < 4.78 is 13.3. The molecule has 0 atom stereocenters. The zero-order valence-electron chi connectivity index (χ0n) is 8.03. The summed E-state index contributed by atoms with van der Waals surface area (Å²) in [5.41, 5.74) is 0. The second kappa shape index (κ2) is 6.89. The highest BCUT2D eigenvalue weighted by Gasteiger charge is 2.22. The quantitative estimate of drug-likeness (QED) is 0.407. The third-order valence-corrected chi connectivity index (χ3v) is 2.49. The Hall–Kier alpha value is 0.290. The predicted molar refractivity (Wildman–Crippen MR) is 61.2 cm³/mol. The summed E-state index contributed by atoms with van der Waals surface area (Å²) in [5, 5.41) is 2.25. The summed E-state index contributed by atoms with van der Waals surface area (Å²) in [6, 6.07) is 0. The highest BCUT2D eigenvalue weighted by atomic mass is 35.6. The first-order valence-electron chi connectivity index (χ1n) is 4.12. The van der Waals surface area contributed by atoms with Crippen molar-refractivity contribution in [3.63, 3.8) is 0 Å². The van der Waals surface area contributed by atoms with Crippen molar-refractivity contribution in [2.24, 2.45) is 0 Å². The molecule has 6 nitrogen and oxygen atoms in total. The van der Waals surface area contributed by atoms with Gasteiger partial charge in [-0.3, -0.25) is 4.57 Å². The molecule has 0 aromatic carbocycles. The molecule has 0 aliphatic heterocycles. The molecule has 0 aromatic heterocycles. The van der Waals surface area contributed by atoms with E-state index >= 15 is 0 Å². The van der Waals surface area contributed by atoms with E-state index in [1.807, 2.05) is 0 Å². The molecule has 0 aliphatic carbocycles. The fourth-order valence-corrected chi connectivity index (χ4v) is 1.41. The molecular formula is C6H11Cl3NO5P. The summed E-state index contributed by atoms with van der Waals surface area (Å²) in [6.45, 7) is -0.328. The lowest BCUT2D eigenvalue weighted by Crippen LogP contribution is -2.29. The Labute approximate surface area is 107 Å². The van der Waals surface area contributed by atoms with Crippen LogP contribution in [-0.2, 0) is 9.30 Å². The van der Waals surface area contributed by atoms with Gasteiger partial charge in [-0.2, -0.15) is 0 Å². The maximum Gasteiger partial charge on any atom is 0.407 e. The van der Waals surface area contributed by atoms with E-state index in [1.165, 1.54) is 0 Å². The highest BCUT2D eigenvalue weighted by molar-refractivity contribution is 7.51. The minimum atomic E-state index is -4.02. The van der Waals surface area contributed by atoms with Crippen LogP contribution in [0.15, 0.2) is 0 Å². The van der Waals surface area contributed by atoms with Crippen molar-refractivity contribution < 1.29 is 23.9 Å². The van der Waals surface area contributed by atoms with E-state index in [1.54, 1.807) is 0 Å². The lowest BCUT2D eigenvalue weighted by molar-refractivity contribution is 0.148. The van der Waals surface area contributed by atoms with Crippen LogP contribution in [-0.4, -0.2) is 39.0 Å². The minimum absolute atomic E-state index is 0.0732. The minimum Gasteiger partial charge on any atom is -0.445 e. The van der Waals surface area contributed by atoms with Gasteiger partial charge in [0.15, 0.2) is 0 Å². The second-order valence-corrected chi connectivity index (χ2v) is 7.15. The standard InChI is InChI=1S/C6H11Cl3NO5P/c7-6(8,9)4-15-5(11)10-2-1-3-16(12,13)14/h1-4H2,(H,10,11)(H2,12,13,14). The van der Waals surface area contributed by atoms with Crippen LogP contribution < -0.4 is 5.32 Å². The molecule has 1 amide bonds. The van der Waals surface area contributed by atoms with E-state index in [-0.39, 0.29) is 19.1 Å². The molecular weight excluding hydrogens is 303 g/mol. The summed E-state index contributed by atoms with van der Waals surface area (Å²) in [6.07, 6.45) is -0.984. The number of halogens is 3. The Morgan fingerprint density at radius 3 is 2.38 bits per heavy atom. The Bertz CT molecular complexity index is 276. The van der Waals surface area contributed by atoms with E-state index in [0.29, 0.717) is 0 Å². The van der Waals surface area contributed by atoms with Crippen LogP contribution in [0.25, 0.3) is 0 Å². The van der Waals surface area contributed by atoms with Gasteiger partial charge in [0.2, 0.25) is 3.79 Å². The Morgan fingerprint density at radius 2 is 1.94 bits per heavy atom. The molecule has 16 heavy (non-hydrogen) atoms. The molecule has 10 heteroatoms. The molecule has 96 valence electrons. The molecule has 0 bridgehead atoms. The van der Waals surface area contributed by atoms with Crippen LogP contribution in [0.2, 0.25) is 0 Å². The Kier molecular flexibility index (Phi) is 7.01. The normalized spacial score (nSPS) is 12.3. The van der Waals surface area contributed by atoms with Crippen molar-refractivity contribution >= 4 is 48.5 Å². The van der Waals surface area contributed by atoms with E-state index in [2.05, 4.69) is 10.1 Å². The Morgan fingerprint density at radius 1 is 1.38 bits per heavy atom. The first kappa shape index (κ1) is 16.3. The van der Waals surface area contributed by atoms with E-state index in [9.17, 15) is 9.36 Å². The topological polar surface area (TPSA) is 95.9 Å². The zero-order valence-corrected chi connectivity index (χ0v) is 11.2. The Balaban J connectivity index is 3.56. The number of amides is 1. The van der Waals surface area contributed by atoms with Gasteiger partial charge in [0, 0.05) is 6.54 Å². The van der Waals surface area contributed by atoms with Gasteiger partial charge < -0.3 is 19.8 Å². The number of carbonyl (C=O) groups is 1. The van der Waals surface area contributed by atoms with Crippen molar-refractivity contribution in [1.29, 1.82) is 0 Å². The van der Waals surface area contributed by atoms with Crippen LogP contribution in [0.4, 0.5) is 4.79 Å². The highest BCUT2D eigenvalue weighted by Crippen LogP contribution is 2.34. The number of hydrogen-bond donors (Lipinski definition) is 3. The molecule has 0 saturated carbocycles. The number of ether oxygens (including phenoxy) is 1. The second-order valence-electron chi connectivity index (χ2n) is 2.86. The van der Waals surface area contributed by atoms with Crippen molar-refractivity contribution in [2.45, 2.75) is 10.2 Å². The first-order chi connectivity index (χ1) is 7.10. The first-order valence-corrected chi connectivity index (χ1v) is 7.05. The lowest BCUT2D eigenvalue weighted by atomic mass is 10.5. The molecule has 0 saturated heterocycles. The van der Waals surface area contributed by atoms with E-state index in [4.69, 9.17) is 44.6 Å². The SMILES string of the molecule is O=C(NCCCP(=O)(O)O)OCC(Cl)(Cl)Cl. The van der Waals surface area contributed by atoms with Gasteiger partial charge >= 0.3 is 13.7 Å². The van der Waals surface area contributed by atoms with Crippen molar-refractivity contribution in [2.75, 3.05) is 19.3 Å². The largest absolute Gasteiger partial charge is 0.445 e. The molecule has 0 radical (unpaired) electrons. The number of hydrogen-bond acceptors (Lipinski definition) is 3. The average Bonchev–Trinajstić information content (AvgIpc) is 2.06. The van der Waals surface area contributed by atoms with Gasteiger partial charge in [0.25, 0.3) is 0 Å². The van der Waals surface area contributed by atoms with Crippen LogP contribution in [0.1, 0.15) is 6.42 Å². The van der Waals surface area contributed by atoms with Gasteiger partial charge in [-0.25, -0.2) is 4.79 Å². The third kappa shape index (κ3) is 12.4. The molecule has 0 aromatic rings. The number of alkyl carbamates (subject to hydrolysis) is 1. The predicted octanol–water partition coefficient (Wildman–Crippen LogP) is 1.65. The van der Waals surface area contributed by atoms with Gasteiger partial charge in [0.05, 0.1) is 6.16 Å². The fraction of sp³-hybridized carbons (Fsp3) is 0.833. The number of nitrogens with one attached hydrogen (secondary N) is 1. The summed E-state index contributed by atoms with van der Waals surface area (Å²) in [5.74, 6) is 0. The molecule has 0 unspecified atom stereocenters. The lowest BCUT2D eigenvalue weighted by Gasteiger charge is -2.11. The zero-order chi connectivity index (χ0) is 12.8. The number of carbonyl (C=O) groups excluding carboxylic acids is 1. The van der Waals surface area contributed by atoms with Crippen molar-refractivity contribution in [3.8, 4) is 0 Å². The van der Waals surface area contributed by atoms with Gasteiger partial charge in [-0.05, 0) is 6.42 Å². The molecule has 0 rings (SSSR count). The van der Waals surface area contributed by atoms with Crippen molar-refractivity contribution in [1.82, 2.24) is 5.32 Å². The van der Waals surface area contributed by atoms with Crippen LogP contribution in [0, 0.1) is 0 Å². The number of rotatable bonds is 5. The summed E-state index contributed by atoms with van der Waals surface area (Å²) >= 11 is 16.0. The molecule has 0 spiro atoms. The fourth-order valence-electron chi connectivity index (χ4n) is 0.674. The van der Waals surface area contributed by atoms with Gasteiger partial charge in [-0.15, -0.1) is 0 Å². The number of alkyl halides is 3. The monoisotopic (exact) mass is 313 g/mol. The van der Waals surface area contributed by atoms with E-state index in [0.717, 1.165) is 0 Å². The van der Waals surface area contributed by atoms with Crippen molar-refractivity contribution in [3.05, 3.63) is 0 Å². The molecule has 0 heterocycles. The van der Waals surface area contributed by atoms with Gasteiger partial charge in [-0.1, -0.05) is 34.8 Å². The van der Waals surface area contributed by atoms with Crippen LogP contribution in [0.3, 0.4) is 0 Å². The van der Waals surface area contributed by atoms with Crippen LogP contribution in [0.5, 0.6) is 0 Å². The van der Waals surface area contributed by atoms with E-state index < -0.39 is 24.1 Å². The maximum atomic E-state index is 10.9. The average molecular weight is 314 g/mol. The molecule has 0 aliphatic rings. The molecule has 3 N–H and O–H groups in total. The third-order valence-electron chi connectivity index (χ3n) is 1.26. The van der Waals surface area contributed by atoms with Gasteiger partial charge in [0.1, 0.15) is 6.61 Å². The summed E-state index contributed by atoms with van der Waals surface area (Å²) in [7, 11) is -4.02. The smallest absolute Gasteiger partial charge is 0.407 e. The summed E-state index contributed by atoms with van der Waals surface area (Å²) in [4.78, 5) is 27.9. The van der Waals surface area contributed by atoms with Crippen LogP contribution >= 0.6 is 42.4 Å². The maximum absolute atomic E-state index is 10.9. The molecule has 0 fully saturated rings.